The van der Waals surface area contributed by atoms with Crippen LogP contribution in [0.15, 0.2) is 35.7 Å². The minimum atomic E-state index is -3.12. The smallest absolute Gasteiger partial charge is 0.220 e. The van der Waals surface area contributed by atoms with Crippen LogP contribution < -0.4 is 5.32 Å². The normalized spacial score (nSPS) is 20.4. The summed E-state index contributed by atoms with van der Waals surface area (Å²) in [7, 11) is -3.12. The summed E-state index contributed by atoms with van der Waals surface area (Å²) in [5.41, 5.74) is 0.796. The van der Waals surface area contributed by atoms with Crippen LogP contribution in [0.4, 0.5) is 4.39 Å². The maximum Gasteiger partial charge on any atom is 0.220 e. The Morgan fingerprint density at radius 3 is 2.58 bits per heavy atom. The summed E-state index contributed by atoms with van der Waals surface area (Å²) in [5.74, 6) is -0.789. The van der Waals surface area contributed by atoms with Crippen molar-refractivity contribution in [2.45, 2.75) is 13.0 Å². The molecule has 0 bridgehead atoms. The summed E-state index contributed by atoms with van der Waals surface area (Å²) >= 11 is 0. The van der Waals surface area contributed by atoms with Crippen LogP contribution in [0.25, 0.3) is 0 Å². The third-order valence-electron chi connectivity index (χ3n) is 2.85. The zero-order chi connectivity index (χ0) is 13.9. The number of benzene rings is 1. The molecule has 1 N–H and O–H groups in total. The van der Waals surface area contributed by atoms with E-state index >= 15 is 0 Å². The fourth-order valence-electron chi connectivity index (χ4n) is 1.88. The number of carbonyl (C=O) groups is 1. The molecule has 2 rings (SSSR count). The lowest BCUT2D eigenvalue weighted by molar-refractivity contribution is -0.121. The van der Waals surface area contributed by atoms with Crippen molar-refractivity contribution in [2.24, 2.45) is 5.92 Å². The molecule has 6 heteroatoms. The highest BCUT2D eigenvalue weighted by atomic mass is 32.2. The van der Waals surface area contributed by atoms with E-state index in [9.17, 15) is 17.6 Å². The third kappa shape index (κ3) is 4.17. The van der Waals surface area contributed by atoms with Gasteiger partial charge in [-0.2, -0.15) is 0 Å². The maximum atomic E-state index is 12.7. The summed E-state index contributed by atoms with van der Waals surface area (Å²) in [4.78, 5) is 11.6. The first-order valence-corrected chi connectivity index (χ1v) is 7.58. The van der Waals surface area contributed by atoms with Crippen molar-refractivity contribution in [3.8, 4) is 0 Å². The SMILES string of the molecule is O=C(CC1C=CS(=O)(=O)C1)NCc1ccc(F)cc1. The van der Waals surface area contributed by atoms with Crippen molar-refractivity contribution in [3.63, 3.8) is 0 Å². The number of allylic oxidation sites excluding steroid dienone is 1. The average Bonchev–Trinajstić information content (AvgIpc) is 2.68. The lowest BCUT2D eigenvalue weighted by Crippen LogP contribution is -2.25. The van der Waals surface area contributed by atoms with E-state index in [1.807, 2.05) is 0 Å². The molecule has 0 aromatic heterocycles. The lowest BCUT2D eigenvalue weighted by atomic mass is 10.1. The first-order valence-electron chi connectivity index (χ1n) is 5.87. The van der Waals surface area contributed by atoms with Crippen molar-refractivity contribution < 1.29 is 17.6 Å². The van der Waals surface area contributed by atoms with E-state index in [0.29, 0.717) is 6.54 Å². The number of hydrogen-bond acceptors (Lipinski definition) is 3. The molecule has 0 saturated carbocycles. The van der Waals surface area contributed by atoms with Gasteiger partial charge in [0.1, 0.15) is 5.82 Å². The molecule has 1 unspecified atom stereocenters. The average molecular weight is 283 g/mol. The Balaban J connectivity index is 1.79. The second-order valence-electron chi connectivity index (χ2n) is 4.53. The van der Waals surface area contributed by atoms with Gasteiger partial charge in [-0.05, 0) is 17.7 Å². The van der Waals surface area contributed by atoms with Crippen LogP contribution in [0, 0.1) is 11.7 Å². The molecule has 1 aliphatic heterocycles. The van der Waals surface area contributed by atoms with Gasteiger partial charge in [-0.3, -0.25) is 4.79 Å². The van der Waals surface area contributed by atoms with Crippen LogP contribution in [0.3, 0.4) is 0 Å². The van der Waals surface area contributed by atoms with Crippen molar-refractivity contribution in [3.05, 3.63) is 47.1 Å². The first kappa shape index (κ1) is 13.7. The largest absolute Gasteiger partial charge is 0.352 e. The van der Waals surface area contributed by atoms with Gasteiger partial charge in [0.25, 0.3) is 0 Å². The molecule has 0 radical (unpaired) electrons. The highest BCUT2D eigenvalue weighted by Gasteiger charge is 2.23. The number of amides is 1. The van der Waals surface area contributed by atoms with Gasteiger partial charge in [-0.1, -0.05) is 18.2 Å². The van der Waals surface area contributed by atoms with E-state index in [-0.39, 0.29) is 29.8 Å². The Morgan fingerprint density at radius 1 is 1.32 bits per heavy atom. The summed E-state index contributed by atoms with van der Waals surface area (Å²) in [6, 6.07) is 5.84. The predicted octanol–water partition coefficient (Wildman–Crippen LogP) is 1.39. The topological polar surface area (TPSA) is 63.2 Å². The number of nitrogens with one attached hydrogen (secondary N) is 1. The molecule has 1 amide bonds. The van der Waals surface area contributed by atoms with Crippen LogP contribution in [0.5, 0.6) is 0 Å². The number of carbonyl (C=O) groups excluding carboxylic acids is 1. The maximum absolute atomic E-state index is 12.7. The first-order chi connectivity index (χ1) is 8.94. The summed E-state index contributed by atoms with van der Waals surface area (Å²) in [6.45, 7) is 0.308. The zero-order valence-corrected chi connectivity index (χ0v) is 11.0. The molecule has 19 heavy (non-hydrogen) atoms. The highest BCUT2D eigenvalue weighted by Crippen LogP contribution is 2.18. The molecule has 0 saturated heterocycles. The van der Waals surface area contributed by atoms with E-state index < -0.39 is 9.84 Å². The van der Waals surface area contributed by atoms with Crippen molar-refractivity contribution in [1.82, 2.24) is 5.32 Å². The molecule has 0 spiro atoms. The lowest BCUT2D eigenvalue weighted by Gasteiger charge is -2.08. The van der Waals surface area contributed by atoms with Crippen LogP contribution in [0.2, 0.25) is 0 Å². The molecule has 1 aliphatic rings. The second-order valence-corrected chi connectivity index (χ2v) is 6.46. The molecule has 0 aliphatic carbocycles. The molecule has 1 aromatic carbocycles. The van der Waals surface area contributed by atoms with Gasteiger partial charge in [-0.15, -0.1) is 0 Å². The van der Waals surface area contributed by atoms with E-state index in [4.69, 9.17) is 0 Å². The van der Waals surface area contributed by atoms with Crippen LogP contribution in [-0.4, -0.2) is 20.1 Å². The van der Waals surface area contributed by atoms with E-state index in [1.54, 1.807) is 18.2 Å². The fourth-order valence-corrected chi connectivity index (χ4v) is 3.28. The minimum absolute atomic E-state index is 0.00301. The van der Waals surface area contributed by atoms with E-state index in [0.717, 1.165) is 11.0 Å². The minimum Gasteiger partial charge on any atom is -0.352 e. The van der Waals surface area contributed by atoms with Crippen molar-refractivity contribution >= 4 is 15.7 Å². The summed E-state index contributed by atoms with van der Waals surface area (Å²) in [6.07, 6.45) is 1.70. The zero-order valence-electron chi connectivity index (χ0n) is 10.2. The predicted molar refractivity (Wildman–Crippen MR) is 69.3 cm³/mol. The quantitative estimate of drug-likeness (QED) is 0.908. The standard InChI is InChI=1S/C13H14FNO3S/c14-12-3-1-10(2-4-12)8-15-13(16)7-11-5-6-19(17,18)9-11/h1-6,11H,7-9H2,(H,15,16). The van der Waals surface area contributed by atoms with Gasteiger partial charge in [0.05, 0.1) is 5.75 Å². The third-order valence-corrected chi connectivity index (χ3v) is 4.32. The second kappa shape index (κ2) is 5.52. The Hall–Kier alpha value is -1.69. The van der Waals surface area contributed by atoms with Crippen LogP contribution in [0.1, 0.15) is 12.0 Å². The molecular formula is C13H14FNO3S. The Kier molecular flexibility index (Phi) is 3.99. The number of halogens is 1. The van der Waals surface area contributed by atoms with Gasteiger partial charge in [0.15, 0.2) is 9.84 Å². The van der Waals surface area contributed by atoms with Crippen LogP contribution >= 0.6 is 0 Å². The number of hydrogen-bond donors (Lipinski definition) is 1. The molecule has 1 aromatic rings. The van der Waals surface area contributed by atoms with Crippen molar-refractivity contribution in [1.29, 1.82) is 0 Å². The van der Waals surface area contributed by atoms with Gasteiger partial charge in [0.2, 0.25) is 5.91 Å². The Labute approximate surface area is 111 Å². The Bertz CT molecular complexity index is 593. The summed E-state index contributed by atoms with van der Waals surface area (Å²) < 4.78 is 35.0. The number of sulfone groups is 1. The fraction of sp³-hybridized carbons (Fsp3) is 0.308. The van der Waals surface area contributed by atoms with Gasteiger partial charge < -0.3 is 5.32 Å². The molecule has 4 nitrogen and oxygen atoms in total. The summed E-state index contributed by atoms with van der Waals surface area (Å²) in [5, 5.41) is 3.84. The monoisotopic (exact) mass is 283 g/mol. The van der Waals surface area contributed by atoms with E-state index in [1.165, 1.54) is 12.1 Å². The van der Waals surface area contributed by atoms with Gasteiger partial charge in [0, 0.05) is 24.3 Å². The molecule has 1 atom stereocenters. The molecule has 0 fully saturated rings. The van der Waals surface area contributed by atoms with Gasteiger partial charge in [-0.25, -0.2) is 12.8 Å². The van der Waals surface area contributed by atoms with Gasteiger partial charge >= 0.3 is 0 Å². The highest BCUT2D eigenvalue weighted by molar-refractivity contribution is 7.94. The van der Waals surface area contributed by atoms with E-state index in [2.05, 4.69) is 5.32 Å². The Morgan fingerprint density at radius 2 is 2.00 bits per heavy atom. The number of rotatable bonds is 4. The molecule has 1 heterocycles. The molecule has 102 valence electrons. The molecular weight excluding hydrogens is 269 g/mol. The van der Waals surface area contributed by atoms with Crippen molar-refractivity contribution in [2.75, 3.05) is 5.75 Å². The van der Waals surface area contributed by atoms with Crippen LogP contribution in [-0.2, 0) is 21.2 Å².